The maximum atomic E-state index is 12.1. The van der Waals surface area contributed by atoms with Gasteiger partial charge < -0.3 is 14.4 Å². The van der Waals surface area contributed by atoms with Crippen LogP contribution in [0.25, 0.3) is 5.69 Å². The lowest BCUT2D eigenvalue weighted by Crippen LogP contribution is -2.12. The molecule has 23 heavy (non-hydrogen) atoms. The van der Waals surface area contributed by atoms with E-state index < -0.39 is 0 Å². The van der Waals surface area contributed by atoms with Crippen LogP contribution in [-0.4, -0.2) is 20.6 Å². The smallest absolute Gasteiger partial charge is 0.277 e. The van der Waals surface area contributed by atoms with Crippen LogP contribution < -0.4 is 5.32 Å². The summed E-state index contributed by atoms with van der Waals surface area (Å²) in [6, 6.07) is 9.22. The van der Waals surface area contributed by atoms with Crippen molar-refractivity contribution in [2.75, 3.05) is 5.32 Å². The van der Waals surface area contributed by atoms with Crippen molar-refractivity contribution in [3.63, 3.8) is 0 Å². The highest BCUT2D eigenvalue weighted by atomic mass is 16.5. The third-order valence-electron chi connectivity index (χ3n) is 3.80. The van der Waals surface area contributed by atoms with Crippen molar-refractivity contribution in [2.24, 2.45) is 0 Å². The van der Waals surface area contributed by atoms with E-state index >= 15 is 0 Å². The second-order valence-corrected chi connectivity index (χ2v) is 5.32. The van der Waals surface area contributed by atoms with Crippen LogP contribution in [0, 0.1) is 13.8 Å². The Morgan fingerprint density at radius 1 is 1.26 bits per heavy atom. The van der Waals surface area contributed by atoms with Crippen LogP contribution in [0.1, 0.15) is 34.6 Å². The largest absolute Gasteiger partial charge is 0.361 e. The number of hydrogen-bond donors (Lipinski definition) is 1. The molecule has 118 valence electrons. The van der Waals surface area contributed by atoms with Crippen LogP contribution in [0.5, 0.6) is 0 Å². The molecule has 0 saturated heterocycles. The Balaban J connectivity index is 1.74. The molecule has 2 heterocycles. The van der Waals surface area contributed by atoms with E-state index in [4.69, 9.17) is 4.52 Å². The normalized spacial score (nSPS) is 10.7. The molecule has 3 aromatic rings. The molecule has 0 radical (unpaired) electrons. The third-order valence-corrected chi connectivity index (χ3v) is 3.80. The van der Waals surface area contributed by atoms with Crippen molar-refractivity contribution < 1.29 is 9.32 Å². The van der Waals surface area contributed by atoms with Gasteiger partial charge in [0.05, 0.1) is 12.0 Å². The zero-order valence-corrected chi connectivity index (χ0v) is 13.3. The minimum Gasteiger partial charge on any atom is -0.361 e. The number of carbonyl (C=O) groups is 1. The van der Waals surface area contributed by atoms with Crippen LogP contribution in [-0.2, 0) is 6.42 Å². The molecule has 3 rings (SSSR count). The van der Waals surface area contributed by atoms with Gasteiger partial charge in [-0.1, -0.05) is 12.1 Å². The Bertz CT molecular complexity index is 831. The highest BCUT2D eigenvalue weighted by Gasteiger charge is 2.12. The number of benzene rings is 1. The predicted molar refractivity (Wildman–Crippen MR) is 86.9 cm³/mol. The lowest BCUT2D eigenvalue weighted by Gasteiger charge is -2.07. The van der Waals surface area contributed by atoms with Gasteiger partial charge in [0.15, 0.2) is 5.69 Å². The van der Waals surface area contributed by atoms with Gasteiger partial charge in [-0.05, 0) is 38.1 Å². The van der Waals surface area contributed by atoms with Gasteiger partial charge in [0.25, 0.3) is 5.91 Å². The highest BCUT2D eigenvalue weighted by molar-refractivity contribution is 6.02. The Hall–Kier alpha value is -2.89. The fourth-order valence-corrected chi connectivity index (χ4v) is 2.25. The molecule has 0 aliphatic carbocycles. The predicted octanol–water partition coefficient (Wildman–Crippen LogP) is 3.29. The maximum absolute atomic E-state index is 12.1. The quantitative estimate of drug-likeness (QED) is 0.802. The molecule has 0 fully saturated rings. The first-order valence-electron chi connectivity index (χ1n) is 7.46. The van der Waals surface area contributed by atoms with Gasteiger partial charge in [0.1, 0.15) is 5.76 Å². The summed E-state index contributed by atoms with van der Waals surface area (Å²) < 4.78 is 7.05. The van der Waals surface area contributed by atoms with E-state index in [1.165, 1.54) is 0 Å². The van der Waals surface area contributed by atoms with E-state index in [1.54, 1.807) is 12.4 Å². The van der Waals surface area contributed by atoms with Gasteiger partial charge in [0.2, 0.25) is 0 Å². The molecule has 0 bridgehead atoms. The summed E-state index contributed by atoms with van der Waals surface area (Å²) >= 11 is 0. The van der Waals surface area contributed by atoms with Gasteiger partial charge in [-0.15, -0.1) is 0 Å². The van der Waals surface area contributed by atoms with Crippen LogP contribution >= 0.6 is 0 Å². The zero-order valence-electron chi connectivity index (χ0n) is 13.3. The summed E-state index contributed by atoms with van der Waals surface area (Å²) in [5, 5.41) is 6.57. The van der Waals surface area contributed by atoms with E-state index in [-0.39, 0.29) is 11.6 Å². The Morgan fingerprint density at radius 2 is 2.00 bits per heavy atom. The number of aryl methyl sites for hydroxylation is 2. The van der Waals surface area contributed by atoms with Crippen LogP contribution in [0.15, 0.2) is 41.2 Å². The number of nitrogens with one attached hydrogen (secondary N) is 1. The van der Waals surface area contributed by atoms with Crippen molar-refractivity contribution in [2.45, 2.75) is 27.2 Å². The fraction of sp³-hybridized carbons (Fsp3) is 0.235. The fourth-order valence-electron chi connectivity index (χ4n) is 2.25. The number of amides is 1. The number of carbonyl (C=O) groups excluding carboxylic acids is 1. The first kappa shape index (κ1) is 15.0. The zero-order chi connectivity index (χ0) is 16.4. The molecule has 0 unspecified atom stereocenters. The number of rotatable bonds is 4. The second kappa shape index (κ2) is 6.08. The van der Waals surface area contributed by atoms with E-state index in [9.17, 15) is 4.79 Å². The number of hydrogen-bond acceptors (Lipinski definition) is 4. The average Bonchev–Trinajstić information content (AvgIpc) is 3.16. The van der Waals surface area contributed by atoms with E-state index in [2.05, 4.69) is 15.5 Å². The molecule has 1 amide bonds. The molecule has 0 atom stereocenters. The first-order valence-corrected chi connectivity index (χ1v) is 7.46. The van der Waals surface area contributed by atoms with Crippen LogP contribution in [0.3, 0.4) is 0 Å². The molecule has 6 heteroatoms. The molecule has 0 spiro atoms. The number of aromatic nitrogens is 3. The average molecular weight is 310 g/mol. The van der Waals surface area contributed by atoms with Crippen molar-refractivity contribution >= 4 is 11.6 Å². The third kappa shape index (κ3) is 3.01. The monoisotopic (exact) mass is 310 g/mol. The first-order chi connectivity index (χ1) is 11.1. The highest BCUT2D eigenvalue weighted by Crippen LogP contribution is 2.17. The lowest BCUT2D eigenvalue weighted by molar-refractivity contribution is 0.101. The van der Waals surface area contributed by atoms with E-state index in [1.807, 2.05) is 49.6 Å². The van der Waals surface area contributed by atoms with Crippen LogP contribution in [0.4, 0.5) is 5.69 Å². The van der Waals surface area contributed by atoms with Gasteiger partial charge in [-0.3, -0.25) is 4.79 Å². The molecule has 2 aromatic heterocycles. The van der Waals surface area contributed by atoms with Crippen molar-refractivity contribution in [3.8, 4) is 5.69 Å². The van der Waals surface area contributed by atoms with E-state index in [0.29, 0.717) is 17.9 Å². The summed E-state index contributed by atoms with van der Waals surface area (Å²) in [5.41, 5.74) is 4.08. The van der Waals surface area contributed by atoms with Gasteiger partial charge in [-0.25, -0.2) is 4.98 Å². The van der Waals surface area contributed by atoms with Gasteiger partial charge >= 0.3 is 0 Å². The van der Waals surface area contributed by atoms with Crippen LogP contribution in [0.2, 0.25) is 0 Å². The minimum atomic E-state index is -0.282. The molecule has 0 saturated carbocycles. The number of anilines is 1. The van der Waals surface area contributed by atoms with Crippen molar-refractivity contribution in [1.29, 1.82) is 0 Å². The lowest BCUT2D eigenvalue weighted by atomic mass is 10.2. The Morgan fingerprint density at radius 3 is 2.57 bits per heavy atom. The van der Waals surface area contributed by atoms with Gasteiger partial charge in [0, 0.05) is 29.6 Å². The maximum Gasteiger partial charge on any atom is 0.277 e. The molecule has 0 aliphatic heterocycles. The SMILES string of the molecule is CCc1cc(C(=O)Nc2ccc(-n3cnc(C)c3C)cc2)no1. The topological polar surface area (TPSA) is 73.0 Å². The summed E-state index contributed by atoms with van der Waals surface area (Å²) in [6.07, 6.45) is 2.50. The Kier molecular flexibility index (Phi) is 3.97. The molecule has 1 N–H and O–H groups in total. The molecule has 6 nitrogen and oxygen atoms in total. The molecular weight excluding hydrogens is 292 g/mol. The summed E-state index contributed by atoms with van der Waals surface area (Å²) in [5.74, 6) is 0.410. The molecule has 1 aromatic carbocycles. The van der Waals surface area contributed by atoms with E-state index in [0.717, 1.165) is 17.1 Å². The molecule has 0 aliphatic rings. The standard InChI is InChI=1S/C17H18N4O2/c1-4-15-9-16(20-23-15)17(22)19-13-5-7-14(8-6-13)21-10-18-11(2)12(21)3/h5-10H,4H2,1-3H3,(H,19,22). The summed E-state index contributed by atoms with van der Waals surface area (Å²) in [7, 11) is 0. The number of nitrogens with zero attached hydrogens (tertiary/aromatic N) is 3. The molecular formula is C17H18N4O2. The van der Waals surface area contributed by atoms with Gasteiger partial charge in [-0.2, -0.15) is 0 Å². The summed E-state index contributed by atoms with van der Waals surface area (Å²) in [6.45, 7) is 5.94. The minimum absolute atomic E-state index is 0.282. The van der Waals surface area contributed by atoms with Crippen molar-refractivity contribution in [3.05, 3.63) is 59.5 Å². The van der Waals surface area contributed by atoms with Crippen molar-refractivity contribution in [1.82, 2.24) is 14.7 Å². The second-order valence-electron chi connectivity index (χ2n) is 5.32. The number of imidazole rings is 1. The summed E-state index contributed by atoms with van der Waals surface area (Å²) in [4.78, 5) is 16.4. The Labute approximate surface area is 134 Å².